The maximum Gasteiger partial charge on any atom is 0.253 e. The fraction of sp³-hybridized carbons (Fsp3) is 0.500. The highest BCUT2D eigenvalue weighted by atomic mass is 16.2. The van der Waals surface area contributed by atoms with Crippen LogP contribution >= 0.6 is 0 Å². The van der Waals surface area contributed by atoms with Gasteiger partial charge in [-0.15, -0.1) is 0 Å². The van der Waals surface area contributed by atoms with Crippen LogP contribution in [0, 0.1) is 13.8 Å². The number of nitrogens with one attached hydrogen (secondary N) is 1. The minimum Gasteiger partial charge on any atom is -0.340 e. The Morgan fingerprint density at radius 2 is 1.65 bits per heavy atom. The molecule has 2 amide bonds. The Morgan fingerprint density at radius 3 is 2.15 bits per heavy atom. The number of nitrogens with zero attached hydrogens (tertiary/aromatic N) is 1. The number of amides is 2. The standard InChI is InChI=1S/C16H22N2O2/c1-5-16(6-2)15(20)18(10-14(19)17-16)13-8-11(3)7-12(4)9-13/h7-9H,5-6,10H2,1-4H3,(H,17,19). The van der Waals surface area contributed by atoms with E-state index in [1.165, 1.54) is 0 Å². The first-order valence-electron chi connectivity index (χ1n) is 7.13. The highest BCUT2D eigenvalue weighted by Crippen LogP contribution is 2.27. The highest BCUT2D eigenvalue weighted by molar-refractivity contribution is 6.09. The molecule has 1 aromatic carbocycles. The first-order chi connectivity index (χ1) is 9.41. The molecule has 1 fully saturated rings. The Hall–Kier alpha value is -1.84. The van der Waals surface area contributed by atoms with E-state index in [-0.39, 0.29) is 18.4 Å². The van der Waals surface area contributed by atoms with Crippen LogP contribution in [0.2, 0.25) is 0 Å². The van der Waals surface area contributed by atoms with Crippen molar-refractivity contribution in [2.75, 3.05) is 11.4 Å². The molecule has 0 unspecified atom stereocenters. The molecule has 0 spiro atoms. The van der Waals surface area contributed by atoms with Gasteiger partial charge in [-0.2, -0.15) is 0 Å². The second-order valence-electron chi connectivity index (χ2n) is 5.57. The quantitative estimate of drug-likeness (QED) is 0.919. The second-order valence-corrected chi connectivity index (χ2v) is 5.57. The van der Waals surface area contributed by atoms with E-state index in [1.54, 1.807) is 4.90 Å². The van der Waals surface area contributed by atoms with Crippen LogP contribution in [0.3, 0.4) is 0 Å². The molecule has 0 bridgehead atoms. The van der Waals surface area contributed by atoms with Crippen LogP contribution in [0.25, 0.3) is 0 Å². The Morgan fingerprint density at radius 1 is 1.10 bits per heavy atom. The molecule has 0 aliphatic carbocycles. The number of aryl methyl sites for hydroxylation is 2. The Labute approximate surface area is 120 Å². The van der Waals surface area contributed by atoms with Gasteiger partial charge in [0, 0.05) is 5.69 Å². The van der Waals surface area contributed by atoms with Gasteiger partial charge >= 0.3 is 0 Å². The first kappa shape index (κ1) is 14.6. The highest BCUT2D eigenvalue weighted by Gasteiger charge is 2.44. The van der Waals surface area contributed by atoms with E-state index >= 15 is 0 Å². The molecule has 0 aromatic heterocycles. The minimum absolute atomic E-state index is 0.00731. The van der Waals surface area contributed by atoms with Crippen molar-refractivity contribution in [1.82, 2.24) is 5.32 Å². The smallest absolute Gasteiger partial charge is 0.253 e. The monoisotopic (exact) mass is 274 g/mol. The summed E-state index contributed by atoms with van der Waals surface area (Å²) in [5.41, 5.74) is 2.25. The van der Waals surface area contributed by atoms with E-state index in [2.05, 4.69) is 11.4 Å². The Balaban J connectivity index is 2.44. The third-order valence-electron chi connectivity index (χ3n) is 4.06. The molecule has 0 radical (unpaired) electrons. The van der Waals surface area contributed by atoms with Gasteiger partial charge in [-0.25, -0.2) is 0 Å². The number of benzene rings is 1. The number of piperazine rings is 1. The SMILES string of the molecule is CCC1(CC)NC(=O)CN(c2cc(C)cc(C)c2)C1=O. The van der Waals surface area contributed by atoms with Crippen LogP contribution in [0.15, 0.2) is 18.2 Å². The molecule has 0 atom stereocenters. The lowest BCUT2D eigenvalue weighted by molar-refractivity contribution is -0.136. The normalized spacial score (nSPS) is 18.1. The molecule has 1 aromatic rings. The molecule has 1 heterocycles. The van der Waals surface area contributed by atoms with Crippen molar-refractivity contribution < 1.29 is 9.59 Å². The van der Waals surface area contributed by atoms with E-state index in [4.69, 9.17) is 0 Å². The number of carbonyl (C=O) groups excluding carboxylic acids is 2. The van der Waals surface area contributed by atoms with Crippen LogP contribution in [0.1, 0.15) is 37.8 Å². The molecular formula is C16H22N2O2. The summed E-state index contributed by atoms with van der Waals surface area (Å²) in [5.74, 6) is -0.0976. The van der Waals surface area contributed by atoms with Crippen molar-refractivity contribution in [3.63, 3.8) is 0 Å². The van der Waals surface area contributed by atoms with Crippen LogP contribution in [-0.2, 0) is 9.59 Å². The molecule has 1 N–H and O–H groups in total. The molecule has 20 heavy (non-hydrogen) atoms. The van der Waals surface area contributed by atoms with Gasteiger partial charge in [0.15, 0.2) is 0 Å². The van der Waals surface area contributed by atoms with Crippen LogP contribution < -0.4 is 10.2 Å². The predicted molar refractivity (Wildman–Crippen MR) is 79.7 cm³/mol. The summed E-state index contributed by atoms with van der Waals surface area (Å²) in [6.07, 6.45) is 1.21. The van der Waals surface area contributed by atoms with E-state index in [0.29, 0.717) is 12.8 Å². The Kier molecular flexibility index (Phi) is 3.84. The summed E-state index contributed by atoms with van der Waals surface area (Å²) in [6, 6.07) is 5.98. The molecule has 1 aliphatic heterocycles. The van der Waals surface area contributed by atoms with Gasteiger partial charge < -0.3 is 10.2 Å². The number of anilines is 1. The fourth-order valence-corrected chi connectivity index (χ4v) is 2.88. The molecule has 1 saturated heterocycles. The van der Waals surface area contributed by atoms with Crippen LogP contribution in [0.5, 0.6) is 0 Å². The lowest BCUT2D eigenvalue weighted by Crippen LogP contribution is -2.66. The maximum absolute atomic E-state index is 12.8. The first-order valence-corrected chi connectivity index (χ1v) is 7.13. The van der Waals surface area contributed by atoms with E-state index < -0.39 is 5.54 Å². The van der Waals surface area contributed by atoms with Gasteiger partial charge in [0.25, 0.3) is 5.91 Å². The molecular weight excluding hydrogens is 252 g/mol. The average molecular weight is 274 g/mol. The number of hydrogen-bond acceptors (Lipinski definition) is 2. The van der Waals surface area contributed by atoms with E-state index in [0.717, 1.165) is 16.8 Å². The van der Waals surface area contributed by atoms with Gasteiger partial charge in [0.05, 0.1) is 0 Å². The van der Waals surface area contributed by atoms with Gasteiger partial charge in [0.2, 0.25) is 5.91 Å². The topological polar surface area (TPSA) is 49.4 Å². The summed E-state index contributed by atoms with van der Waals surface area (Å²) >= 11 is 0. The fourth-order valence-electron chi connectivity index (χ4n) is 2.88. The largest absolute Gasteiger partial charge is 0.340 e. The number of carbonyl (C=O) groups is 2. The lowest BCUT2D eigenvalue weighted by atomic mass is 9.88. The van der Waals surface area contributed by atoms with Crippen LogP contribution in [0.4, 0.5) is 5.69 Å². The summed E-state index contributed by atoms with van der Waals surface area (Å²) in [5, 5.41) is 2.88. The van der Waals surface area contributed by atoms with Gasteiger partial charge in [-0.05, 0) is 49.9 Å². The molecule has 108 valence electrons. The summed E-state index contributed by atoms with van der Waals surface area (Å²) in [7, 11) is 0. The summed E-state index contributed by atoms with van der Waals surface area (Å²) in [6.45, 7) is 7.97. The molecule has 4 heteroatoms. The molecule has 4 nitrogen and oxygen atoms in total. The maximum atomic E-state index is 12.8. The third kappa shape index (κ3) is 2.42. The zero-order valence-corrected chi connectivity index (χ0v) is 12.6. The van der Waals surface area contributed by atoms with E-state index in [1.807, 2.05) is 39.8 Å². The second kappa shape index (κ2) is 5.27. The van der Waals surface area contributed by atoms with E-state index in [9.17, 15) is 9.59 Å². The van der Waals surface area contributed by atoms with Gasteiger partial charge in [-0.1, -0.05) is 19.9 Å². The predicted octanol–water partition coefficient (Wildman–Crippen LogP) is 2.33. The zero-order chi connectivity index (χ0) is 14.9. The van der Waals surface area contributed by atoms with Crippen molar-refractivity contribution in [2.45, 2.75) is 46.1 Å². The van der Waals surface area contributed by atoms with Crippen molar-refractivity contribution in [3.8, 4) is 0 Å². The van der Waals surface area contributed by atoms with Crippen molar-refractivity contribution in [2.24, 2.45) is 0 Å². The van der Waals surface area contributed by atoms with Gasteiger partial charge in [-0.3, -0.25) is 9.59 Å². The Bertz CT molecular complexity index is 527. The van der Waals surface area contributed by atoms with Crippen molar-refractivity contribution in [1.29, 1.82) is 0 Å². The van der Waals surface area contributed by atoms with Gasteiger partial charge in [0.1, 0.15) is 12.1 Å². The zero-order valence-electron chi connectivity index (χ0n) is 12.6. The van der Waals surface area contributed by atoms with Crippen LogP contribution in [-0.4, -0.2) is 23.9 Å². The summed E-state index contributed by atoms with van der Waals surface area (Å²) < 4.78 is 0. The summed E-state index contributed by atoms with van der Waals surface area (Å²) in [4.78, 5) is 26.4. The number of hydrogen-bond donors (Lipinski definition) is 1. The average Bonchev–Trinajstić information content (AvgIpc) is 2.40. The minimum atomic E-state index is -0.757. The molecule has 1 aliphatic rings. The van der Waals surface area contributed by atoms with Crippen molar-refractivity contribution >= 4 is 17.5 Å². The number of rotatable bonds is 3. The third-order valence-corrected chi connectivity index (χ3v) is 4.06. The molecule has 2 rings (SSSR count). The lowest BCUT2D eigenvalue weighted by Gasteiger charge is -2.41. The molecule has 0 saturated carbocycles. The van der Waals surface area contributed by atoms with Crippen molar-refractivity contribution in [3.05, 3.63) is 29.3 Å².